The number of benzene rings is 1. The summed E-state index contributed by atoms with van der Waals surface area (Å²) >= 11 is 0. The van der Waals surface area contributed by atoms with Crippen molar-refractivity contribution in [2.75, 3.05) is 13.1 Å². The highest BCUT2D eigenvalue weighted by molar-refractivity contribution is 5.18. The van der Waals surface area contributed by atoms with Gasteiger partial charge in [-0.25, -0.2) is 9.37 Å². The summed E-state index contributed by atoms with van der Waals surface area (Å²) in [7, 11) is 0. The first kappa shape index (κ1) is 18.8. The lowest BCUT2D eigenvalue weighted by Gasteiger charge is -2.32. The van der Waals surface area contributed by atoms with Crippen LogP contribution in [0.1, 0.15) is 35.5 Å². The molecule has 0 saturated carbocycles. The normalized spacial score (nSPS) is 17.7. The Bertz CT molecular complexity index is 889. The van der Waals surface area contributed by atoms with E-state index >= 15 is 0 Å². The zero-order valence-corrected chi connectivity index (χ0v) is 16.4. The van der Waals surface area contributed by atoms with Gasteiger partial charge in [0.25, 0.3) is 0 Å². The zero-order chi connectivity index (χ0) is 19.3. The van der Waals surface area contributed by atoms with E-state index in [2.05, 4.69) is 27.4 Å². The summed E-state index contributed by atoms with van der Waals surface area (Å²) in [5.41, 5.74) is 3.53. The first-order chi connectivity index (χ1) is 13.7. The fourth-order valence-electron chi connectivity index (χ4n) is 4.13. The molecule has 5 heteroatoms. The van der Waals surface area contributed by atoms with Crippen molar-refractivity contribution >= 4 is 0 Å². The number of aryl methyl sites for hydroxylation is 1. The predicted molar refractivity (Wildman–Crippen MR) is 108 cm³/mol. The fourth-order valence-corrected chi connectivity index (χ4v) is 4.13. The monoisotopic (exact) mass is 378 g/mol. The summed E-state index contributed by atoms with van der Waals surface area (Å²) in [6.45, 7) is 6.04. The van der Waals surface area contributed by atoms with Gasteiger partial charge in [0.15, 0.2) is 0 Å². The van der Waals surface area contributed by atoms with E-state index in [1.54, 1.807) is 0 Å². The molecule has 4 nitrogen and oxygen atoms in total. The average Bonchev–Trinajstić information content (AvgIpc) is 3.04. The molecule has 1 saturated heterocycles. The lowest BCUT2D eigenvalue weighted by molar-refractivity contribution is 0.165. The van der Waals surface area contributed by atoms with Crippen molar-refractivity contribution in [2.24, 2.45) is 5.92 Å². The van der Waals surface area contributed by atoms with E-state index in [1.807, 2.05) is 36.8 Å². The third kappa shape index (κ3) is 4.65. The Kier molecular flexibility index (Phi) is 5.81. The summed E-state index contributed by atoms with van der Waals surface area (Å²) in [6.07, 6.45) is 9.19. The van der Waals surface area contributed by atoms with Crippen molar-refractivity contribution in [2.45, 2.75) is 39.3 Å². The predicted octanol–water partition coefficient (Wildman–Crippen LogP) is 4.23. The Morgan fingerprint density at radius 2 is 1.93 bits per heavy atom. The summed E-state index contributed by atoms with van der Waals surface area (Å²) in [5, 5.41) is 0. The fraction of sp³-hybridized carbons (Fsp3) is 0.391. The highest BCUT2D eigenvalue weighted by atomic mass is 19.1. The Hall–Kier alpha value is -2.53. The van der Waals surface area contributed by atoms with Gasteiger partial charge < -0.3 is 4.57 Å². The third-order valence-electron chi connectivity index (χ3n) is 5.60. The number of nitrogens with zero attached hydrogens (tertiary/aromatic N) is 4. The van der Waals surface area contributed by atoms with Gasteiger partial charge in [0.1, 0.15) is 11.6 Å². The van der Waals surface area contributed by atoms with Gasteiger partial charge in [0.2, 0.25) is 0 Å². The van der Waals surface area contributed by atoms with E-state index in [9.17, 15) is 4.39 Å². The minimum atomic E-state index is -0.192. The number of likely N-dealkylation sites (tertiary alicyclic amines) is 1. The van der Waals surface area contributed by atoms with Crippen molar-refractivity contribution in [1.29, 1.82) is 0 Å². The van der Waals surface area contributed by atoms with Crippen LogP contribution in [0.25, 0.3) is 0 Å². The van der Waals surface area contributed by atoms with Crippen molar-refractivity contribution in [3.8, 4) is 0 Å². The SMILES string of the molecule is Cc1cnc(CC2CCCN(Cc3cccnc3)C2)n1Cc1ccc(F)cc1. The highest BCUT2D eigenvalue weighted by Gasteiger charge is 2.22. The van der Waals surface area contributed by atoms with E-state index in [4.69, 9.17) is 4.98 Å². The summed E-state index contributed by atoms with van der Waals surface area (Å²) in [6, 6.07) is 10.9. The van der Waals surface area contributed by atoms with Crippen LogP contribution < -0.4 is 0 Å². The minimum Gasteiger partial charge on any atom is -0.328 e. The zero-order valence-electron chi connectivity index (χ0n) is 16.4. The van der Waals surface area contributed by atoms with Crippen LogP contribution in [0.5, 0.6) is 0 Å². The molecule has 1 aliphatic heterocycles. The molecule has 1 fully saturated rings. The van der Waals surface area contributed by atoms with Gasteiger partial charge in [0.05, 0.1) is 0 Å². The molecule has 4 rings (SSSR count). The molecule has 0 bridgehead atoms. The Labute approximate surface area is 166 Å². The number of rotatable bonds is 6. The van der Waals surface area contributed by atoms with Crippen LogP contribution in [-0.4, -0.2) is 32.5 Å². The molecular weight excluding hydrogens is 351 g/mol. The van der Waals surface area contributed by atoms with Crippen molar-refractivity contribution in [3.05, 3.63) is 83.5 Å². The maximum Gasteiger partial charge on any atom is 0.123 e. The smallest absolute Gasteiger partial charge is 0.123 e. The van der Waals surface area contributed by atoms with Crippen molar-refractivity contribution < 1.29 is 4.39 Å². The quantitative estimate of drug-likeness (QED) is 0.644. The van der Waals surface area contributed by atoms with Gasteiger partial charge in [0, 0.05) is 50.3 Å². The molecule has 0 radical (unpaired) electrons. The molecule has 1 unspecified atom stereocenters. The minimum absolute atomic E-state index is 0.192. The molecule has 0 aliphatic carbocycles. The molecule has 28 heavy (non-hydrogen) atoms. The van der Waals surface area contributed by atoms with Gasteiger partial charge in [-0.15, -0.1) is 0 Å². The van der Waals surface area contributed by atoms with Gasteiger partial charge in [-0.2, -0.15) is 0 Å². The molecule has 0 N–H and O–H groups in total. The summed E-state index contributed by atoms with van der Waals surface area (Å²) in [4.78, 5) is 11.5. The van der Waals surface area contributed by atoms with Crippen molar-refractivity contribution in [1.82, 2.24) is 19.4 Å². The van der Waals surface area contributed by atoms with E-state index in [0.29, 0.717) is 5.92 Å². The van der Waals surface area contributed by atoms with E-state index < -0.39 is 0 Å². The molecule has 146 valence electrons. The number of hydrogen-bond acceptors (Lipinski definition) is 3. The second-order valence-electron chi connectivity index (χ2n) is 7.84. The molecular formula is C23H27FN4. The molecule has 3 heterocycles. The van der Waals surface area contributed by atoms with Crippen LogP contribution in [0.2, 0.25) is 0 Å². The van der Waals surface area contributed by atoms with Crippen LogP contribution in [-0.2, 0) is 19.5 Å². The van der Waals surface area contributed by atoms with Gasteiger partial charge in [-0.1, -0.05) is 18.2 Å². The standard InChI is InChI=1S/C23H27FN4/c1-18-13-26-23(28(18)17-19-6-8-22(24)9-7-19)12-20-5-3-11-27(15-20)16-21-4-2-10-25-14-21/h2,4,6-10,13-14,20H,3,5,11-12,15-17H2,1H3. The van der Waals surface area contributed by atoms with E-state index in [1.165, 1.54) is 30.5 Å². The largest absolute Gasteiger partial charge is 0.328 e. The second-order valence-corrected chi connectivity index (χ2v) is 7.84. The van der Waals surface area contributed by atoms with Crippen LogP contribution in [0, 0.1) is 18.7 Å². The lowest BCUT2D eigenvalue weighted by atomic mass is 9.94. The summed E-state index contributed by atoms with van der Waals surface area (Å²) in [5.74, 6) is 1.55. The number of piperidine rings is 1. The first-order valence-electron chi connectivity index (χ1n) is 10.0. The number of pyridine rings is 1. The van der Waals surface area contributed by atoms with Crippen LogP contribution in [0.3, 0.4) is 0 Å². The lowest BCUT2D eigenvalue weighted by Crippen LogP contribution is -2.36. The van der Waals surface area contributed by atoms with Crippen LogP contribution >= 0.6 is 0 Å². The molecule has 2 aromatic heterocycles. The Morgan fingerprint density at radius 3 is 2.71 bits per heavy atom. The highest BCUT2D eigenvalue weighted by Crippen LogP contribution is 2.23. The number of halogens is 1. The maximum atomic E-state index is 13.2. The number of aromatic nitrogens is 3. The second kappa shape index (κ2) is 8.65. The van der Waals surface area contributed by atoms with Gasteiger partial charge in [-0.05, 0) is 61.6 Å². The van der Waals surface area contributed by atoms with Gasteiger partial charge >= 0.3 is 0 Å². The third-order valence-corrected chi connectivity index (χ3v) is 5.60. The van der Waals surface area contributed by atoms with E-state index in [-0.39, 0.29) is 5.82 Å². The average molecular weight is 378 g/mol. The molecule has 0 amide bonds. The van der Waals surface area contributed by atoms with Crippen LogP contribution in [0.4, 0.5) is 4.39 Å². The Balaban J connectivity index is 1.41. The molecule has 0 spiro atoms. The van der Waals surface area contributed by atoms with Crippen LogP contribution in [0.15, 0.2) is 55.0 Å². The summed E-state index contributed by atoms with van der Waals surface area (Å²) < 4.78 is 15.5. The molecule has 1 atom stereocenters. The number of imidazole rings is 1. The van der Waals surface area contributed by atoms with Gasteiger partial charge in [-0.3, -0.25) is 9.88 Å². The molecule has 1 aromatic carbocycles. The molecule has 1 aliphatic rings. The molecule has 3 aromatic rings. The maximum absolute atomic E-state index is 13.2. The topological polar surface area (TPSA) is 34.0 Å². The number of hydrogen-bond donors (Lipinski definition) is 0. The van der Waals surface area contributed by atoms with Crippen molar-refractivity contribution in [3.63, 3.8) is 0 Å². The first-order valence-corrected chi connectivity index (χ1v) is 10.0. The van der Waals surface area contributed by atoms with E-state index in [0.717, 1.165) is 49.7 Å². The Morgan fingerprint density at radius 1 is 1.07 bits per heavy atom.